The number of rotatable bonds is 5. The fraction of sp³-hybridized carbons (Fsp3) is 0.533. The van der Waals surface area contributed by atoms with Crippen LogP contribution in [0.3, 0.4) is 0 Å². The molecule has 0 bridgehead atoms. The minimum Gasteiger partial charge on any atom is -0.497 e. The molecule has 0 radical (unpaired) electrons. The fourth-order valence-electron chi connectivity index (χ4n) is 2.60. The van der Waals surface area contributed by atoms with Gasteiger partial charge in [0.1, 0.15) is 11.6 Å². The van der Waals surface area contributed by atoms with E-state index in [0.717, 1.165) is 49.6 Å². The maximum Gasteiger partial charge on any atom is 0.124 e. The Morgan fingerprint density at radius 2 is 2.15 bits per heavy atom. The van der Waals surface area contributed by atoms with Gasteiger partial charge in [0.25, 0.3) is 0 Å². The molecule has 0 unspecified atom stereocenters. The van der Waals surface area contributed by atoms with E-state index in [9.17, 15) is 0 Å². The summed E-state index contributed by atoms with van der Waals surface area (Å²) in [6.45, 7) is 2.63. The lowest BCUT2D eigenvalue weighted by atomic mass is 9.99. The average Bonchev–Trinajstić information content (AvgIpc) is 2.47. The van der Waals surface area contributed by atoms with Crippen LogP contribution in [0.5, 0.6) is 5.75 Å². The summed E-state index contributed by atoms with van der Waals surface area (Å²) in [5.74, 6) is 1.49. The number of hydrogen-bond acceptors (Lipinski definition) is 4. The van der Waals surface area contributed by atoms with Crippen molar-refractivity contribution < 1.29 is 9.47 Å². The topological polar surface area (TPSA) is 71.6 Å². The van der Waals surface area contributed by atoms with Crippen molar-refractivity contribution in [3.63, 3.8) is 0 Å². The Bertz CT molecular complexity index is 470. The van der Waals surface area contributed by atoms with Crippen LogP contribution in [0.25, 0.3) is 0 Å². The summed E-state index contributed by atoms with van der Waals surface area (Å²) in [5.41, 5.74) is 7.37. The molecular weight excluding hydrogens is 254 g/mol. The third-order valence-electron chi connectivity index (χ3n) is 3.78. The van der Waals surface area contributed by atoms with Gasteiger partial charge in [-0.3, -0.25) is 5.41 Å². The lowest BCUT2D eigenvalue weighted by Crippen LogP contribution is -2.31. The summed E-state index contributed by atoms with van der Waals surface area (Å²) in [6, 6.07) is 5.62. The lowest BCUT2D eigenvalue weighted by Gasteiger charge is -2.29. The van der Waals surface area contributed by atoms with Gasteiger partial charge in [0.15, 0.2) is 0 Å². The number of nitrogens with two attached hydrogens (primary N) is 1. The molecule has 1 heterocycles. The molecule has 1 aliphatic rings. The normalized spacial score (nSPS) is 15.9. The van der Waals surface area contributed by atoms with Crippen molar-refractivity contribution in [2.75, 3.05) is 38.8 Å². The summed E-state index contributed by atoms with van der Waals surface area (Å²) in [4.78, 5) is 2.16. The Balaban J connectivity index is 2.17. The number of amidine groups is 1. The number of methoxy groups -OCH3 is 1. The summed E-state index contributed by atoms with van der Waals surface area (Å²) in [7, 11) is 3.68. The summed E-state index contributed by atoms with van der Waals surface area (Å²) in [5, 5.41) is 7.71. The number of ether oxygens (including phenoxy) is 2. The Labute approximate surface area is 120 Å². The first-order valence-electron chi connectivity index (χ1n) is 6.93. The van der Waals surface area contributed by atoms with E-state index in [2.05, 4.69) is 4.90 Å². The zero-order chi connectivity index (χ0) is 14.5. The van der Waals surface area contributed by atoms with Crippen molar-refractivity contribution in [3.8, 4) is 5.75 Å². The molecule has 3 N–H and O–H groups in total. The van der Waals surface area contributed by atoms with Crippen molar-refractivity contribution >= 4 is 11.5 Å². The van der Waals surface area contributed by atoms with Gasteiger partial charge in [-0.25, -0.2) is 0 Å². The van der Waals surface area contributed by atoms with Crippen LogP contribution < -0.4 is 15.4 Å². The van der Waals surface area contributed by atoms with Crippen LogP contribution in [0.1, 0.15) is 18.4 Å². The highest BCUT2D eigenvalue weighted by molar-refractivity contribution is 6.00. The van der Waals surface area contributed by atoms with Crippen molar-refractivity contribution in [2.45, 2.75) is 12.8 Å². The van der Waals surface area contributed by atoms with E-state index in [-0.39, 0.29) is 5.84 Å². The van der Waals surface area contributed by atoms with Crippen LogP contribution in [-0.4, -0.2) is 39.8 Å². The van der Waals surface area contributed by atoms with Gasteiger partial charge in [0.2, 0.25) is 0 Å². The molecule has 1 fully saturated rings. The van der Waals surface area contributed by atoms with E-state index >= 15 is 0 Å². The number of nitrogens with one attached hydrogen (secondary N) is 1. The molecule has 0 saturated carbocycles. The average molecular weight is 277 g/mol. The maximum absolute atomic E-state index is 7.71. The number of anilines is 1. The van der Waals surface area contributed by atoms with Gasteiger partial charge in [-0.05, 0) is 30.9 Å². The van der Waals surface area contributed by atoms with Crippen molar-refractivity contribution in [1.29, 1.82) is 5.41 Å². The first-order valence-corrected chi connectivity index (χ1v) is 6.93. The minimum atomic E-state index is 0.0847. The quantitative estimate of drug-likeness (QED) is 0.636. The Kier molecular flexibility index (Phi) is 4.84. The number of nitrogen functional groups attached to an aromatic ring is 1. The molecular formula is C15H23N3O2. The van der Waals surface area contributed by atoms with Crippen LogP contribution in [-0.2, 0) is 4.74 Å². The van der Waals surface area contributed by atoms with Crippen LogP contribution in [0, 0.1) is 11.3 Å². The molecule has 1 aliphatic heterocycles. The molecule has 1 aromatic rings. The third kappa shape index (κ3) is 3.42. The van der Waals surface area contributed by atoms with Crippen LogP contribution >= 0.6 is 0 Å². The molecule has 2 rings (SSSR count). The second-order valence-electron chi connectivity index (χ2n) is 5.23. The predicted octanol–water partition coefficient (Wildman–Crippen LogP) is 1.84. The molecule has 0 spiro atoms. The summed E-state index contributed by atoms with van der Waals surface area (Å²) in [6.07, 6.45) is 2.17. The molecule has 110 valence electrons. The van der Waals surface area contributed by atoms with E-state index in [1.54, 1.807) is 7.11 Å². The molecule has 0 amide bonds. The third-order valence-corrected chi connectivity index (χ3v) is 3.78. The molecule has 0 aromatic heterocycles. The zero-order valence-corrected chi connectivity index (χ0v) is 12.2. The van der Waals surface area contributed by atoms with Crippen LogP contribution in [0.4, 0.5) is 5.69 Å². The Hall–Kier alpha value is -1.75. The minimum absolute atomic E-state index is 0.0847. The molecule has 0 aliphatic carbocycles. The van der Waals surface area contributed by atoms with Crippen molar-refractivity contribution in [1.82, 2.24) is 0 Å². The molecule has 20 heavy (non-hydrogen) atoms. The zero-order valence-electron chi connectivity index (χ0n) is 12.2. The monoisotopic (exact) mass is 277 g/mol. The Morgan fingerprint density at radius 3 is 2.75 bits per heavy atom. The van der Waals surface area contributed by atoms with Crippen molar-refractivity contribution in [2.24, 2.45) is 11.7 Å². The second kappa shape index (κ2) is 6.61. The van der Waals surface area contributed by atoms with Crippen LogP contribution in [0.15, 0.2) is 18.2 Å². The van der Waals surface area contributed by atoms with Gasteiger partial charge in [0.05, 0.1) is 12.8 Å². The van der Waals surface area contributed by atoms with Gasteiger partial charge in [-0.2, -0.15) is 0 Å². The predicted molar refractivity (Wildman–Crippen MR) is 80.8 cm³/mol. The van der Waals surface area contributed by atoms with E-state index in [1.165, 1.54) is 0 Å². The smallest absolute Gasteiger partial charge is 0.124 e. The van der Waals surface area contributed by atoms with Gasteiger partial charge in [-0.15, -0.1) is 0 Å². The first-order chi connectivity index (χ1) is 9.61. The fourth-order valence-corrected chi connectivity index (χ4v) is 2.60. The highest BCUT2D eigenvalue weighted by Crippen LogP contribution is 2.27. The molecule has 1 saturated heterocycles. The first kappa shape index (κ1) is 14.7. The molecule has 5 heteroatoms. The molecule has 0 atom stereocenters. The number of benzene rings is 1. The molecule has 1 aromatic carbocycles. The SMILES string of the molecule is COc1ccc(C(=N)N)c(N(C)CC2CCOCC2)c1. The van der Waals surface area contributed by atoms with E-state index in [0.29, 0.717) is 5.92 Å². The second-order valence-corrected chi connectivity index (χ2v) is 5.23. The van der Waals surface area contributed by atoms with Crippen molar-refractivity contribution in [3.05, 3.63) is 23.8 Å². The van der Waals surface area contributed by atoms with Crippen LogP contribution in [0.2, 0.25) is 0 Å². The van der Waals surface area contributed by atoms with E-state index < -0.39 is 0 Å². The van der Waals surface area contributed by atoms with E-state index in [4.69, 9.17) is 20.6 Å². The maximum atomic E-state index is 7.71. The van der Waals surface area contributed by atoms with Gasteiger partial charge in [-0.1, -0.05) is 0 Å². The highest BCUT2D eigenvalue weighted by atomic mass is 16.5. The van der Waals surface area contributed by atoms with Gasteiger partial charge >= 0.3 is 0 Å². The highest BCUT2D eigenvalue weighted by Gasteiger charge is 2.18. The summed E-state index contributed by atoms with van der Waals surface area (Å²) < 4.78 is 10.7. The largest absolute Gasteiger partial charge is 0.497 e. The van der Waals surface area contributed by atoms with E-state index in [1.807, 2.05) is 25.2 Å². The number of nitrogens with zero attached hydrogens (tertiary/aromatic N) is 1. The number of hydrogen-bond donors (Lipinski definition) is 2. The molecule has 5 nitrogen and oxygen atoms in total. The summed E-state index contributed by atoms with van der Waals surface area (Å²) >= 11 is 0. The standard InChI is InChI=1S/C15H23N3O2/c1-18(10-11-5-7-20-8-6-11)14-9-12(19-2)3-4-13(14)15(16)17/h3-4,9,11H,5-8,10H2,1-2H3,(H3,16,17). The Morgan fingerprint density at radius 1 is 1.45 bits per heavy atom. The van der Waals surface area contributed by atoms with Gasteiger partial charge < -0.3 is 20.1 Å². The lowest BCUT2D eigenvalue weighted by molar-refractivity contribution is 0.0685. The van der Waals surface area contributed by atoms with Gasteiger partial charge in [0, 0.05) is 38.4 Å².